The van der Waals surface area contributed by atoms with Crippen molar-refractivity contribution in [1.29, 1.82) is 0 Å². The Morgan fingerprint density at radius 2 is 2.00 bits per heavy atom. The SMILES string of the molecule is C=C[C@@H]1C[C@]2(Cc3ccccc3)CCCC[C@]2(O)O1. The highest BCUT2D eigenvalue weighted by Gasteiger charge is 2.58. The molecule has 1 aromatic carbocycles. The van der Waals surface area contributed by atoms with E-state index in [1.807, 2.05) is 12.1 Å². The van der Waals surface area contributed by atoms with Crippen molar-refractivity contribution in [2.45, 2.75) is 50.4 Å². The Balaban J connectivity index is 1.91. The van der Waals surface area contributed by atoms with Gasteiger partial charge in [0, 0.05) is 11.8 Å². The third kappa shape index (κ3) is 2.13. The summed E-state index contributed by atoms with van der Waals surface area (Å²) in [6.07, 6.45) is 7.65. The largest absolute Gasteiger partial charge is 0.365 e. The fourth-order valence-corrected chi connectivity index (χ4v) is 3.83. The molecule has 2 nitrogen and oxygen atoms in total. The van der Waals surface area contributed by atoms with Crippen molar-refractivity contribution < 1.29 is 9.84 Å². The fourth-order valence-electron chi connectivity index (χ4n) is 3.83. The van der Waals surface area contributed by atoms with E-state index in [4.69, 9.17) is 4.74 Å². The lowest BCUT2D eigenvalue weighted by Crippen LogP contribution is -2.48. The van der Waals surface area contributed by atoms with E-state index in [-0.39, 0.29) is 11.5 Å². The summed E-state index contributed by atoms with van der Waals surface area (Å²) < 4.78 is 5.92. The van der Waals surface area contributed by atoms with E-state index < -0.39 is 5.79 Å². The Labute approximate surface area is 115 Å². The number of ether oxygens (including phenoxy) is 1. The molecule has 1 saturated heterocycles. The van der Waals surface area contributed by atoms with Gasteiger partial charge in [0.15, 0.2) is 5.79 Å². The Bertz CT molecular complexity index is 456. The molecule has 1 aliphatic heterocycles. The molecule has 2 heteroatoms. The molecule has 102 valence electrons. The molecule has 0 bridgehead atoms. The van der Waals surface area contributed by atoms with Crippen molar-refractivity contribution in [2.24, 2.45) is 5.41 Å². The second-order valence-electron chi connectivity index (χ2n) is 6.03. The minimum absolute atomic E-state index is 0.00758. The van der Waals surface area contributed by atoms with Crippen LogP contribution in [0.25, 0.3) is 0 Å². The van der Waals surface area contributed by atoms with Gasteiger partial charge >= 0.3 is 0 Å². The molecule has 1 aliphatic carbocycles. The molecule has 0 radical (unpaired) electrons. The van der Waals surface area contributed by atoms with E-state index in [1.54, 1.807) is 0 Å². The highest BCUT2D eigenvalue weighted by atomic mass is 16.6. The van der Waals surface area contributed by atoms with E-state index >= 15 is 0 Å². The molecule has 0 unspecified atom stereocenters. The topological polar surface area (TPSA) is 29.5 Å². The van der Waals surface area contributed by atoms with E-state index in [9.17, 15) is 5.11 Å². The first-order valence-electron chi connectivity index (χ1n) is 7.24. The van der Waals surface area contributed by atoms with Gasteiger partial charge in [0.25, 0.3) is 0 Å². The first-order valence-corrected chi connectivity index (χ1v) is 7.24. The maximum Gasteiger partial charge on any atom is 0.172 e. The van der Waals surface area contributed by atoms with E-state index in [0.717, 1.165) is 32.1 Å². The maximum absolute atomic E-state index is 11.0. The molecule has 0 aromatic heterocycles. The molecule has 2 fully saturated rings. The van der Waals surface area contributed by atoms with E-state index in [0.29, 0.717) is 0 Å². The van der Waals surface area contributed by atoms with Gasteiger partial charge in [-0.1, -0.05) is 42.8 Å². The quantitative estimate of drug-likeness (QED) is 0.841. The monoisotopic (exact) mass is 258 g/mol. The molecule has 2 aliphatic rings. The molecule has 0 spiro atoms. The van der Waals surface area contributed by atoms with Crippen LogP contribution in [0, 0.1) is 5.41 Å². The summed E-state index contributed by atoms with van der Waals surface area (Å²) >= 11 is 0. The van der Waals surface area contributed by atoms with Gasteiger partial charge in [-0.05, 0) is 31.2 Å². The molecular formula is C17H22O2. The first kappa shape index (κ1) is 12.9. The summed E-state index contributed by atoms with van der Waals surface area (Å²) in [4.78, 5) is 0. The van der Waals surface area contributed by atoms with Crippen LogP contribution >= 0.6 is 0 Å². The third-order valence-corrected chi connectivity index (χ3v) is 4.84. The van der Waals surface area contributed by atoms with Gasteiger partial charge < -0.3 is 9.84 Å². The number of benzene rings is 1. The Morgan fingerprint density at radius 3 is 2.74 bits per heavy atom. The predicted molar refractivity (Wildman–Crippen MR) is 75.7 cm³/mol. The lowest BCUT2D eigenvalue weighted by molar-refractivity contribution is -0.251. The van der Waals surface area contributed by atoms with Crippen LogP contribution in [0.4, 0.5) is 0 Å². The number of rotatable bonds is 3. The summed E-state index contributed by atoms with van der Waals surface area (Å²) in [5.74, 6) is -0.958. The zero-order valence-corrected chi connectivity index (χ0v) is 11.3. The fraction of sp³-hybridized carbons (Fsp3) is 0.529. The van der Waals surface area contributed by atoms with Crippen molar-refractivity contribution >= 4 is 0 Å². The molecule has 1 N–H and O–H groups in total. The Kier molecular flexibility index (Phi) is 3.23. The smallest absolute Gasteiger partial charge is 0.172 e. The van der Waals surface area contributed by atoms with Gasteiger partial charge in [-0.25, -0.2) is 0 Å². The summed E-state index contributed by atoms with van der Waals surface area (Å²) in [6.45, 7) is 3.83. The van der Waals surface area contributed by atoms with Crippen LogP contribution in [-0.2, 0) is 11.2 Å². The average Bonchev–Trinajstić information content (AvgIpc) is 2.72. The molecule has 3 rings (SSSR count). The summed E-state index contributed by atoms with van der Waals surface area (Å²) in [6, 6.07) is 10.4. The summed E-state index contributed by atoms with van der Waals surface area (Å²) in [7, 11) is 0. The molecule has 19 heavy (non-hydrogen) atoms. The minimum Gasteiger partial charge on any atom is -0.365 e. The molecule has 0 amide bonds. The van der Waals surface area contributed by atoms with Crippen LogP contribution in [0.3, 0.4) is 0 Å². The van der Waals surface area contributed by atoms with Crippen molar-refractivity contribution in [1.82, 2.24) is 0 Å². The van der Waals surface area contributed by atoms with Crippen LogP contribution in [0.15, 0.2) is 43.0 Å². The second kappa shape index (κ2) is 4.77. The molecular weight excluding hydrogens is 236 g/mol. The highest BCUT2D eigenvalue weighted by molar-refractivity contribution is 5.20. The number of hydrogen-bond acceptors (Lipinski definition) is 2. The summed E-state index contributed by atoms with van der Waals surface area (Å²) in [5.41, 5.74) is 1.15. The number of aliphatic hydroxyl groups is 1. The normalized spacial score (nSPS) is 37.8. The van der Waals surface area contributed by atoms with Crippen molar-refractivity contribution in [3.05, 3.63) is 48.6 Å². The van der Waals surface area contributed by atoms with Crippen LogP contribution in [0.2, 0.25) is 0 Å². The lowest BCUT2D eigenvalue weighted by atomic mass is 9.65. The van der Waals surface area contributed by atoms with Crippen molar-refractivity contribution in [3.8, 4) is 0 Å². The van der Waals surface area contributed by atoms with Gasteiger partial charge in [0.05, 0.1) is 6.10 Å². The van der Waals surface area contributed by atoms with Crippen molar-refractivity contribution in [2.75, 3.05) is 0 Å². The minimum atomic E-state index is -0.958. The summed E-state index contributed by atoms with van der Waals surface area (Å²) in [5, 5.41) is 11.0. The van der Waals surface area contributed by atoms with Gasteiger partial charge in [-0.3, -0.25) is 0 Å². The van der Waals surface area contributed by atoms with Gasteiger partial charge in [0.2, 0.25) is 0 Å². The number of hydrogen-bond donors (Lipinski definition) is 1. The second-order valence-corrected chi connectivity index (χ2v) is 6.03. The van der Waals surface area contributed by atoms with E-state index in [2.05, 4.69) is 30.8 Å². The van der Waals surface area contributed by atoms with Gasteiger partial charge in [-0.2, -0.15) is 0 Å². The zero-order valence-electron chi connectivity index (χ0n) is 11.3. The molecule has 1 heterocycles. The molecule has 3 atom stereocenters. The number of fused-ring (bicyclic) bond motifs is 1. The van der Waals surface area contributed by atoms with Crippen LogP contribution < -0.4 is 0 Å². The van der Waals surface area contributed by atoms with Crippen molar-refractivity contribution in [3.63, 3.8) is 0 Å². The standard InChI is InChI=1S/C17H22O2/c1-2-15-13-16(12-14-8-4-3-5-9-14)10-6-7-11-17(16,18)19-15/h2-5,8-9,15,18H,1,6-7,10-13H2/t15-,16-,17+/m1/s1. The van der Waals surface area contributed by atoms with Gasteiger partial charge in [0.1, 0.15) is 0 Å². The molecule has 1 aromatic rings. The Hall–Kier alpha value is -1.12. The van der Waals surface area contributed by atoms with Crippen LogP contribution in [-0.4, -0.2) is 17.0 Å². The highest BCUT2D eigenvalue weighted by Crippen LogP contribution is 2.55. The van der Waals surface area contributed by atoms with Gasteiger partial charge in [-0.15, -0.1) is 6.58 Å². The first-order chi connectivity index (χ1) is 9.17. The third-order valence-electron chi connectivity index (χ3n) is 4.84. The van der Waals surface area contributed by atoms with Crippen LogP contribution in [0.5, 0.6) is 0 Å². The Morgan fingerprint density at radius 1 is 1.26 bits per heavy atom. The average molecular weight is 258 g/mol. The van der Waals surface area contributed by atoms with E-state index in [1.165, 1.54) is 12.0 Å². The van der Waals surface area contributed by atoms with Crippen LogP contribution in [0.1, 0.15) is 37.7 Å². The zero-order chi connectivity index (χ0) is 13.3. The lowest BCUT2D eigenvalue weighted by Gasteiger charge is -2.44. The predicted octanol–water partition coefficient (Wildman–Crippen LogP) is 3.45. The maximum atomic E-state index is 11.0. The molecule has 1 saturated carbocycles.